The molecule has 8 heteroatoms. The number of ether oxygens (including phenoxy) is 2. The molecule has 0 atom stereocenters. The Morgan fingerprint density at radius 3 is 2.53 bits per heavy atom. The number of para-hydroxylation sites is 2. The van der Waals surface area contributed by atoms with E-state index in [4.69, 9.17) is 9.47 Å². The standard InChI is InChI=1S/C24H21N3O5/c1-31-20-10-6-3-7-15(20)11-12-27-14-25-18-13-17(21(24(30)32-2)26-23(18)27)22(29)16-8-4-5-9-19(16)28/h3-10,13-14,28H,11-12H2,1-2H3. The Morgan fingerprint density at radius 2 is 1.78 bits per heavy atom. The quantitative estimate of drug-likeness (QED) is 0.353. The average molecular weight is 431 g/mol. The summed E-state index contributed by atoms with van der Waals surface area (Å²) in [6.45, 7) is 0.539. The number of aryl methyl sites for hydroxylation is 2. The number of aromatic nitrogens is 3. The van der Waals surface area contributed by atoms with Crippen LogP contribution in [0.3, 0.4) is 0 Å². The molecule has 0 radical (unpaired) electrons. The maximum absolute atomic E-state index is 13.1. The Bertz CT molecular complexity index is 1310. The summed E-state index contributed by atoms with van der Waals surface area (Å²) >= 11 is 0. The minimum absolute atomic E-state index is 0.0147. The van der Waals surface area contributed by atoms with Gasteiger partial charge in [0.1, 0.15) is 17.0 Å². The predicted molar refractivity (Wildman–Crippen MR) is 117 cm³/mol. The zero-order chi connectivity index (χ0) is 22.7. The number of pyridine rings is 1. The lowest BCUT2D eigenvalue weighted by Gasteiger charge is -2.10. The minimum Gasteiger partial charge on any atom is -0.507 e. The smallest absolute Gasteiger partial charge is 0.357 e. The van der Waals surface area contributed by atoms with Crippen molar-refractivity contribution >= 4 is 22.9 Å². The van der Waals surface area contributed by atoms with E-state index in [1.54, 1.807) is 25.6 Å². The Kier molecular flexibility index (Phi) is 5.85. The maximum atomic E-state index is 13.1. The second-order valence-electron chi connectivity index (χ2n) is 7.06. The van der Waals surface area contributed by atoms with Crippen LogP contribution in [0.2, 0.25) is 0 Å². The molecule has 0 aliphatic rings. The van der Waals surface area contributed by atoms with Gasteiger partial charge in [-0.3, -0.25) is 4.79 Å². The lowest BCUT2D eigenvalue weighted by molar-refractivity contribution is 0.0591. The number of hydrogen-bond acceptors (Lipinski definition) is 7. The number of nitrogens with zero attached hydrogens (tertiary/aromatic N) is 3. The number of fused-ring (bicyclic) bond motifs is 1. The molecule has 162 valence electrons. The first kappa shape index (κ1) is 21.0. The SMILES string of the molecule is COC(=O)c1nc2c(cc1C(=O)c1ccccc1O)ncn2CCc1ccccc1OC. The maximum Gasteiger partial charge on any atom is 0.357 e. The summed E-state index contributed by atoms with van der Waals surface area (Å²) < 4.78 is 12.1. The Morgan fingerprint density at radius 1 is 1.03 bits per heavy atom. The van der Waals surface area contributed by atoms with Crippen molar-refractivity contribution in [3.05, 3.63) is 83.3 Å². The monoisotopic (exact) mass is 431 g/mol. The van der Waals surface area contributed by atoms with E-state index in [-0.39, 0.29) is 22.6 Å². The molecule has 8 nitrogen and oxygen atoms in total. The lowest BCUT2D eigenvalue weighted by atomic mass is 10.0. The molecule has 0 saturated carbocycles. The number of phenols is 1. The van der Waals surface area contributed by atoms with Crippen LogP contribution < -0.4 is 4.74 Å². The van der Waals surface area contributed by atoms with Crippen molar-refractivity contribution in [1.82, 2.24) is 14.5 Å². The molecule has 2 aromatic carbocycles. The van der Waals surface area contributed by atoms with Gasteiger partial charge < -0.3 is 19.1 Å². The molecular formula is C24H21N3O5. The normalized spacial score (nSPS) is 10.8. The Balaban J connectivity index is 1.74. The fraction of sp³-hybridized carbons (Fsp3) is 0.167. The third kappa shape index (κ3) is 3.90. The Labute approximate surface area is 184 Å². The van der Waals surface area contributed by atoms with E-state index in [2.05, 4.69) is 9.97 Å². The first-order valence-electron chi connectivity index (χ1n) is 9.92. The molecule has 0 amide bonds. The fourth-order valence-corrected chi connectivity index (χ4v) is 3.54. The van der Waals surface area contributed by atoms with Gasteiger partial charge in [-0.1, -0.05) is 30.3 Å². The highest BCUT2D eigenvalue weighted by Crippen LogP contribution is 2.25. The van der Waals surface area contributed by atoms with Crippen LogP contribution in [-0.2, 0) is 17.7 Å². The van der Waals surface area contributed by atoms with Crippen molar-refractivity contribution in [2.45, 2.75) is 13.0 Å². The van der Waals surface area contributed by atoms with Gasteiger partial charge in [-0.05, 0) is 36.2 Å². The number of hydrogen-bond donors (Lipinski definition) is 1. The minimum atomic E-state index is -0.747. The molecule has 0 saturated heterocycles. The van der Waals surface area contributed by atoms with Gasteiger partial charge in [0, 0.05) is 6.54 Å². The average Bonchev–Trinajstić information content (AvgIpc) is 3.23. The number of methoxy groups -OCH3 is 2. The Hall–Kier alpha value is -4.20. The zero-order valence-corrected chi connectivity index (χ0v) is 17.6. The molecule has 32 heavy (non-hydrogen) atoms. The van der Waals surface area contributed by atoms with E-state index in [0.717, 1.165) is 11.3 Å². The zero-order valence-electron chi connectivity index (χ0n) is 17.6. The van der Waals surface area contributed by atoms with Gasteiger partial charge in [0.2, 0.25) is 0 Å². The van der Waals surface area contributed by atoms with Crippen molar-refractivity contribution in [1.29, 1.82) is 0 Å². The van der Waals surface area contributed by atoms with Crippen molar-refractivity contribution in [2.75, 3.05) is 14.2 Å². The molecule has 2 aromatic heterocycles. The molecular weight excluding hydrogens is 410 g/mol. The summed E-state index contributed by atoms with van der Waals surface area (Å²) in [5.41, 5.74) is 1.88. The van der Waals surface area contributed by atoms with Crippen LogP contribution in [0.1, 0.15) is 32.0 Å². The summed E-state index contributed by atoms with van der Waals surface area (Å²) in [4.78, 5) is 34.3. The molecule has 2 heterocycles. The van der Waals surface area contributed by atoms with Crippen LogP contribution in [-0.4, -0.2) is 45.6 Å². The summed E-state index contributed by atoms with van der Waals surface area (Å²) in [5, 5.41) is 10.1. The van der Waals surface area contributed by atoms with Crippen LogP contribution in [0.25, 0.3) is 11.2 Å². The van der Waals surface area contributed by atoms with Crippen LogP contribution in [0.4, 0.5) is 0 Å². The van der Waals surface area contributed by atoms with Gasteiger partial charge in [-0.2, -0.15) is 0 Å². The van der Waals surface area contributed by atoms with Gasteiger partial charge in [0.15, 0.2) is 17.1 Å². The first-order valence-corrected chi connectivity index (χ1v) is 9.92. The highest BCUT2D eigenvalue weighted by atomic mass is 16.5. The van der Waals surface area contributed by atoms with Crippen LogP contribution in [0.5, 0.6) is 11.5 Å². The largest absolute Gasteiger partial charge is 0.507 e. The number of rotatable bonds is 7. The molecule has 4 rings (SSSR count). The third-order valence-electron chi connectivity index (χ3n) is 5.18. The number of aromatic hydroxyl groups is 1. The number of ketones is 1. The van der Waals surface area contributed by atoms with Crippen LogP contribution in [0, 0.1) is 0 Å². The summed E-state index contributed by atoms with van der Waals surface area (Å²) in [7, 11) is 2.85. The van der Waals surface area contributed by atoms with Gasteiger partial charge >= 0.3 is 5.97 Å². The lowest BCUT2D eigenvalue weighted by Crippen LogP contribution is -2.15. The van der Waals surface area contributed by atoms with E-state index in [1.807, 2.05) is 28.8 Å². The van der Waals surface area contributed by atoms with E-state index >= 15 is 0 Å². The van der Waals surface area contributed by atoms with Crippen LogP contribution in [0.15, 0.2) is 60.9 Å². The number of benzene rings is 2. The number of esters is 1. The highest BCUT2D eigenvalue weighted by molar-refractivity contribution is 6.16. The van der Waals surface area contributed by atoms with Gasteiger partial charge in [0.25, 0.3) is 0 Å². The van der Waals surface area contributed by atoms with Crippen molar-refractivity contribution < 1.29 is 24.2 Å². The summed E-state index contributed by atoms with van der Waals surface area (Å²) in [6, 6.07) is 15.3. The number of imidazole rings is 1. The number of carbonyl (C=O) groups excluding carboxylic acids is 2. The third-order valence-corrected chi connectivity index (χ3v) is 5.18. The van der Waals surface area contributed by atoms with E-state index in [1.165, 1.54) is 25.3 Å². The molecule has 4 aromatic rings. The topological polar surface area (TPSA) is 104 Å². The van der Waals surface area contributed by atoms with Gasteiger partial charge in [0.05, 0.1) is 31.7 Å². The second kappa shape index (κ2) is 8.89. The van der Waals surface area contributed by atoms with Gasteiger partial charge in [-0.15, -0.1) is 0 Å². The molecule has 1 N–H and O–H groups in total. The van der Waals surface area contributed by atoms with Crippen molar-refractivity contribution in [2.24, 2.45) is 0 Å². The highest BCUT2D eigenvalue weighted by Gasteiger charge is 2.25. The summed E-state index contributed by atoms with van der Waals surface area (Å²) in [6.07, 6.45) is 2.27. The van der Waals surface area contributed by atoms with Gasteiger partial charge in [-0.25, -0.2) is 14.8 Å². The van der Waals surface area contributed by atoms with Crippen molar-refractivity contribution in [3.8, 4) is 11.5 Å². The molecule has 0 bridgehead atoms. The molecule has 0 aliphatic carbocycles. The van der Waals surface area contributed by atoms with Crippen molar-refractivity contribution in [3.63, 3.8) is 0 Å². The molecule has 0 unspecified atom stereocenters. The van der Waals surface area contributed by atoms with Crippen LogP contribution >= 0.6 is 0 Å². The fourth-order valence-electron chi connectivity index (χ4n) is 3.54. The second-order valence-corrected chi connectivity index (χ2v) is 7.06. The van der Waals surface area contributed by atoms with E-state index in [0.29, 0.717) is 24.1 Å². The number of phenolic OH excluding ortho intramolecular Hbond substituents is 1. The predicted octanol–water partition coefficient (Wildman–Crippen LogP) is 3.41. The number of carbonyl (C=O) groups is 2. The molecule has 0 aliphatic heterocycles. The summed E-state index contributed by atoms with van der Waals surface area (Å²) in [5.74, 6) is -0.684. The van der Waals surface area contributed by atoms with E-state index < -0.39 is 11.8 Å². The van der Waals surface area contributed by atoms with E-state index in [9.17, 15) is 14.7 Å². The molecule has 0 spiro atoms. The molecule has 0 fully saturated rings. The first-order chi connectivity index (χ1) is 15.5.